The van der Waals surface area contributed by atoms with Crippen LogP contribution in [0.4, 0.5) is 13.2 Å². The number of ether oxygens (including phenoxy) is 1. The summed E-state index contributed by atoms with van der Waals surface area (Å²) in [5.41, 5.74) is 1.73. The Bertz CT molecular complexity index is 573. The Morgan fingerprint density at radius 2 is 2.05 bits per heavy atom. The van der Waals surface area contributed by atoms with E-state index in [0.29, 0.717) is 12.1 Å². The Kier molecular flexibility index (Phi) is 4.80. The number of nitrogens with one attached hydrogen (secondary N) is 1. The van der Waals surface area contributed by atoms with Gasteiger partial charge in [-0.2, -0.15) is 0 Å². The number of aromatic nitrogens is 1. The molecule has 2 rings (SSSR count). The van der Waals surface area contributed by atoms with Gasteiger partial charge in [-0.25, -0.2) is 0 Å². The van der Waals surface area contributed by atoms with Crippen molar-refractivity contribution in [2.75, 3.05) is 0 Å². The highest BCUT2D eigenvalue weighted by Crippen LogP contribution is 2.23. The molecule has 6 heteroatoms. The smallest absolute Gasteiger partial charge is 0.406 e. The Hall–Kier alpha value is -2.08. The number of halogens is 3. The van der Waals surface area contributed by atoms with Gasteiger partial charge in [-0.15, -0.1) is 13.2 Å². The lowest BCUT2D eigenvalue weighted by Gasteiger charge is -2.14. The molecule has 1 atom stereocenters. The highest BCUT2D eigenvalue weighted by Gasteiger charge is 2.31. The van der Waals surface area contributed by atoms with E-state index in [1.54, 1.807) is 18.5 Å². The SMILES string of the molecule is C[C@H](NCc1cccc(OC(F)(F)F)c1)c1cccnc1. The lowest BCUT2D eigenvalue weighted by Crippen LogP contribution is -2.19. The maximum atomic E-state index is 12.2. The van der Waals surface area contributed by atoms with E-state index in [1.165, 1.54) is 18.2 Å². The summed E-state index contributed by atoms with van der Waals surface area (Å²) in [6.45, 7) is 2.40. The minimum absolute atomic E-state index is 0.0471. The molecule has 0 fully saturated rings. The molecule has 0 saturated carbocycles. The summed E-state index contributed by atoms with van der Waals surface area (Å²) in [6, 6.07) is 9.75. The van der Waals surface area contributed by atoms with Crippen molar-refractivity contribution < 1.29 is 17.9 Å². The van der Waals surface area contributed by atoms with E-state index in [0.717, 1.165) is 5.56 Å². The van der Waals surface area contributed by atoms with Crippen LogP contribution in [-0.2, 0) is 6.54 Å². The molecule has 1 heterocycles. The van der Waals surface area contributed by atoms with Crippen LogP contribution in [-0.4, -0.2) is 11.3 Å². The quantitative estimate of drug-likeness (QED) is 0.910. The molecule has 0 aliphatic heterocycles. The normalized spacial score (nSPS) is 13.0. The van der Waals surface area contributed by atoms with Crippen LogP contribution in [0.25, 0.3) is 0 Å². The minimum atomic E-state index is -4.67. The van der Waals surface area contributed by atoms with E-state index in [9.17, 15) is 13.2 Å². The third-order valence-electron chi connectivity index (χ3n) is 2.93. The van der Waals surface area contributed by atoms with Gasteiger partial charge in [-0.1, -0.05) is 18.2 Å². The van der Waals surface area contributed by atoms with Gasteiger partial charge in [0.15, 0.2) is 0 Å². The monoisotopic (exact) mass is 296 g/mol. The van der Waals surface area contributed by atoms with Crippen LogP contribution in [0, 0.1) is 0 Å². The molecule has 21 heavy (non-hydrogen) atoms. The zero-order valence-electron chi connectivity index (χ0n) is 11.4. The molecular weight excluding hydrogens is 281 g/mol. The van der Waals surface area contributed by atoms with Crippen molar-refractivity contribution >= 4 is 0 Å². The number of hydrogen-bond acceptors (Lipinski definition) is 3. The predicted molar refractivity (Wildman–Crippen MR) is 72.6 cm³/mol. The first-order valence-electron chi connectivity index (χ1n) is 6.42. The summed E-state index contributed by atoms with van der Waals surface area (Å²) in [7, 11) is 0. The van der Waals surface area contributed by atoms with Gasteiger partial charge in [0, 0.05) is 25.0 Å². The summed E-state index contributed by atoms with van der Waals surface area (Å²) >= 11 is 0. The zero-order chi connectivity index (χ0) is 15.3. The average Bonchev–Trinajstić information content (AvgIpc) is 2.44. The fourth-order valence-electron chi connectivity index (χ4n) is 1.87. The molecule has 1 aromatic carbocycles. The van der Waals surface area contributed by atoms with Gasteiger partial charge < -0.3 is 10.1 Å². The molecule has 0 saturated heterocycles. The molecule has 0 unspecified atom stereocenters. The van der Waals surface area contributed by atoms with Crippen LogP contribution in [0.5, 0.6) is 5.75 Å². The molecule has 0 aliphatic carbocycles. The predicted octanol–water partition coefficient (Wildman–Crippen LogP) is 3.83. The second kappa shape index (κ2) is 6.58. The average molecular weight is 296 g/mol. The van der Waals surface area contributed by atoms with Gasteiger partial charge in [-0.05, 0) is 36.2 Å². The first kappa shape index (κ1) is 15.3. The number of pyridine rings is 1. The van der Waals surface area contributed by atoms with Gasteiger partial charge in [-0.3, -0.25) is 4.98 Å². The number of rotatable bonds is 5. The summed E-state index contributed by atoms with van der Waals surface area (Å²) < 4.78 is 40.4. The Morgan fingerprint density at radius 1 is 1.24 bits per heavy atom. The van der Waals surface area contributed by atoms with Crippen LogP contribution in [0.3, 0.4) is 0 Å². The molecule has 1 N–H and O–H groups in total. The van der Waals surface area contributed by atoms with Gasteiger partial charge in [0.05, 0.1) is 0 Å². The number of hydrogen-bond donors (Lipinski definition) is 1. The first-order chi connectivity index (χ1) is 9.94. The second-order valence-electron chi connectivity index (χ2n) is 4.58. The maximum absolute atomic E-state index is 12.2. The number of nitrogens with zero attached hydrogens (tertiary/aromatic N) is 1. The van der Waals surface area contributed by atoms with E-state index in [4.69, 9.17) is 0 Å². The highest BCUT2D eigenvalue weighted by atomic mass is 19.4. The van der Waals surface area contributed by atoms with Crippen molar-refractivity contribution in [3.63, 3.8) is 0 Å². The molecule has 112 valence electrons. The lowest BCUT2D eigenvalue weighted by molar-refractivity contribution is -0.274. The maximum Gasteiger partial charge on any atom is 0.573 e. The van der Waals surface area contributed by atoms with Crippen molar-refractivity contribution in [3.8, 4) is 5.75 Å². The number of benzene rings is 1. The minimum Gasteiger partial charge on any atom is -0.406 e. The zero-order valence-corrected chi connectivity index (χ0v) is 11.4. The van der Waals surface area contributed by atoms with Crippen molar-refractivity contribution in [1.29, 1.82) is 0 Å². The van der Waals surface area contributed by atoms with Crippen LogP contribution >= 0.6 is 0 Å². The molecule has 2 aromatic rings. The summed E-state index contributed by atoms with van der Waals surface area (Å²) in [5, 5.41) is 3.23. The summed E-state index contributed by atoms with van der Waals surface area (Å²) in [6.07, 6.45) is -1.23. The largest absolute Gasteiger partial charge is 0.573 e. The van der Waals surface area contributed by atoms with Crippen molar-refractivity contribution in [1.82, 2.24) is 10.3 Å². The van der Waals surface area contributed by atoms with Crippen LogP contribution < -0.4 is 10.1 Å². The van der Waals surface area contributed by atoms with E-state index < -0.39 is 6.36 Å². The second-order valence-corrected chi connectivity index (χ2v) is 4.58. The molecule has 0 spiro atoms. The van der Waals surface area contributed by atoms with E-state index in [-0.39, 0.29) is 11.8 Å². The molecule has 0 amide bonds. The lowest BCUT2D eigenvalue weighted by atomic mass is 10.1. The van der Waals surface area contributed by atoms with E-state index in [1.807, 2.05) is 19.1 Å². The molecule has 0 bridgehead atoms. The van der Waals surface area contributed by atoms with Gasteiger partial charge >= 0.3 is 6.36 Å². The van der Waals surface area contributed by atoms with Gasteiger partial charge in [0.25, 0.3) is 0 Å². The van der Waals surface area contributed by atoms with Crippen molar-refractivity contribution in [3.05, 3.63) is 59.9 Å². The van der Waals surface area contributed by atoms with Crippen LogP contribution in [0.1, 0.15) is 24.1 Å². The fourth-order valence-corrected chi connectivity index (χ4v) is 1.87. The molecule has 0 radical (unpaired) electrons. The highest BCUT2D eigenvalue weighted by molar-refractivity contribution is 5.28. The van der Waals surface area contributed by atoms with Gasteiger partial charge in [0.1, 0.15) is 5.75 Å². The Balaban J connectivity index is 1.96. The Morgan fingerprint density at radius 3 is 2.71 bits per heavy atom. The van der Waals surface area contributed by atoms with Crippen LogP contribution in [0.2, 0.25) is 0 Å². The third kappa shape index (κ3) is 5.07. The van der Waals surface area contributed by atoms with Gasteiger partial charge in [0.2, 0.25) is 0 Å². The van der Waals surface area contributed by atoms with E-state index in [2.05, 4.69) is 15.0 Å². The molecular formula is C15H15F3N2O. The van der Waals surface area contributed by atoms with Crippen molar-refractivity contribution in [2.24, 2.45) is 0 Å². The summed E-state index contributed by atoms with van der Waals surface area (Å²) in [4.78, 5) is 4.03. The topological polar surface area (TPSA) is 34.1 Å². The van der Waals surface area contributed by atoms with Crippen molar-refractivity contribution in [2.45, 2.75) is 25.9 Å². The third-order valence-corrected chi connectivity index (χ3v) is 2.93. The van der Waals surface area contributed by atoms with Crippen LogP contribution in [0.15, 0.2) is 48.8 Å². The number of alkyl halides is 3. The molecule has 0 aliphatic rings. The Labute approximate surface area is 120 Å². The first-order valence-corrected chi connectivity index (χ1v) is 6.42. The standard InChI is InChI=1S/C15H15F3N2O/c1-11(13-5-3-7-19-10-13)20-9-12-4-2-6-14(8-12)21-15(16,17)18/h2-8,10-11,20H,9H2,1H3/t11-/m0/s1. The summed E-state index contributed by atoms with van der Waals surface area (Å²) in [5.74, 6) is -0.212. The van der Waals surface area contributed by atoms with E-state index >= 15 is 0 Å². The molecule has 1 aromatic heterocycles. The fraction of sp³-hybridized carbons (Fsp3) is 0.267. The molecule has 3 nitrogen and oxygen atoms in total.